The van der Waals surface area contributed by atoms with Crippen LogP contribution < -0.4 is 4.90 Å². The van der Waals surface area contributed by atoms with Crippen LogP contribution in [0.25, 0.3) is 87.6 Å². The molecular formula is C58H43NO. The molecule has 60 heavy (non-hydrogen) atoms. The molecule has 0 aliphatic rings. The Morgan fingerprint density at radius 3 is 1.85 bits per heavy atom. The van der Waals surface area contributed by atoms with Crippen molar-refractivity contribution in [3.63, 3.8) is 0 Å². The van der Waals surface area contributed by atoms with Crippen molar-refractivity contribution >= 4 is 71.3 Å². The first kappa shape index (κ1) is 35.7. The van der Waals surface area contributed by atoms with Gasteiger partial charge in [0.2, 0.25) is 0 Å². The number of anilines is 3. The summed E-state index contributed by atoms with van der Waals surface area (Å²) in [4.78, 5) is 2.42. The van der Waals surface area contributed by atoms with E-state index < -0.39 is 0 Å². The van der Waals surface area contributed by atoms with Gasteiger partial charge < -0.3 is 9.32 Å². The van der Waals surface area contributed by atoms with Crippen LogP contribution in [0.4, 0.5) is 17.1 Å². The van der Waals surface area contributed by atoms with Gasteiger partial charge in [-0.25, -0.2) is 0 Å². The predicted octanol–water partition coefficient (Wildman–Crippen LogP) is 16.8. The Labute approximate surface area is 350 Å². The molecule has 0 radical (unpaired) electrons. The van der Waals surface area contributed by atoms with E-state index in [-0.39, 0.29) is 5.41 Å². The maximum Gasteiger partial charge on any atom is 0.143 e. The van der Waals surface area contributed by atoms with Crippen molar-refractivity contribution < 1.29 is 4.42 Å². The van der Waals surface area contributed by atoms with Gasteiger partial charge in [0.25, 0.3) is 0 Å². The van der Waals surface area contributed by atoms with Crippen LogP contribution in [0, 0.1) is 0 Å². The second kappa shape index (κ2) is 14.1. The van der Waals surface area contributed by atoms with Gasteiger partial charge in [0, 0.05) is 33.4 Å². The van der Waals surface area contributed by atoms with E-state index >= 15 is 0 Å². The van der Waals surface area contributed by atoms with Gasteiger partial charge >= 0.3 is 0 Å². The molecule has 2 heteroatoms. The van der Waals surface area contributed by atoms with Crippen molar-refractivity contribution in [3.05, 3.63) is 212 Å². The van der Waals surface area contributed by atoms with Crippen molar-refractivity contribution in [3.8, 4) is 33.4 Å². The standard InChI is InChI=1S/C58H43NO/c1-58(2,3)45-28-32-51-42(34-45)24-23-41-27-31-47(37-55(41)51)59(46-29-25-40(26-30-46)50-19-11-16-39-15-7-8-17-49(39)50)48-35-43(38-13-5-4-6-14-38)33-44(36-48)52-20-12-21-54-53-18-9-10-22-56(53)60-57(52)54/h4-37H,1-3H3. The molecule has 0 saturated carbocycles. The van der Waals surface area contributed by atoms with Gasteiger partial charge in [-0.2, -0.15) is 0 Å². The molecule has 1 aromatic heterocycles. The fourth-order valence-electron chi connectivity index (χ4n) is 9.04. The highest BCUT2D eigenvalue weighted by Gasteiger charge is 2.20. The molecule has 286 valence electrons. The number of hydrogen-bond donors (Lipinski definition) is 0. The van der Waals surface area contributed by atoms with Crippen molar-refractivity contribution in [2.24, 2.45) is 0 Å². The molecule has 0 N–H and O–H groups in total. The first-order valence-corrected chi connectivity index (χ1v) is 20.8. The molecule has 1 heterocycles. The molecule has 0 unspecified atom stereocenters. The lowest BCUT2D eigenvalue weighted by atomic mass is 9.85. The summed E-state index contributed by atoms with van der Waals surface area (Å²) in [5.41, 5.74) is 13.3. The van der Waals surface area contributed by atoms with E-state index in [1.54, 1.807) is 0 Å². The first-order chi connectivity index (χ1) is 29.4. The molecule has 10 aromatic carbocycles. The van der Waals surface area contributed by atoms with E-state index in [9.17, 15) is 0 Å². The molecule has 0 saturated heterocycles. The topological polar surface area (TPSA) is 16.4 Å². The summed E-state index contributed by atoms with van der Waals surface area (Å²) in [5.74, 6) is 0. The van der Waals surface area contributed by atoms with E-state index in [1.807, 2.05) is 6.07 Å². The van der Waals surface area contributed by atoms with Crippen molar-refractivity contribution in [2.45, 2.75) is 26.2 Å². The maximum atomic E-state index is 6.64. The summed E-state index contributed by atoms with van der Waals surface area (Å²) in [6.07, 6.45) is 0. The number of hydrogen-bond acceptors (Lipinski definition) is 2. The van der Waals surface area contributed by atoms with Gasteiger partial charge in [0.15, 0.2) is 0 Å². The number of furan rings is 1. The Kier molecular flexibility index (Phi) is 8.42. The summed E-state index contributed by atoms with van der Waals surface area (Å²) in [6, 6.07) is 75.2. The summed E-state index contributed by atoms with van der Waals surface area (Å²) in [5, 5.41) is 9.69. The Hall–Kier alpha value is -7.42. The summed E-state index contributed by atoms with van der Waals surface area (Å²) in [7, 11) is 0. The largest absolute Gasteiger partial charge is 0.455 e. The molecule has 2 nitrogen and oxygen atoms in total. The minimum atomic E-state index is 0.0637. The lowest BCUT2D eigenvalue weighted by Gasteiger charge is -2.28. The van der Waals surface area contributed by atoms with Crippen LogP contribution in [0.15, 0.2) is 211 Å². The van der Waals surface area contributed by atoms with E-state index in [0.717, 1.165) is 61.3 Å². The highest BCUT2D eigenvalue weighted by molar-refractivity contribution is 6.11. The average molecular weight is 770 g/mol. The summed E-state index contributed by atoms with van der Waals surface area (Å²) >= 11 is 0. The van der Waals surface area contributed by atoms with Gasteiger partial charge in [-0.3, -0.25) is 0 Å². The van der Waals surface area contributed by atoms with Crippen LogP contribution in [-0.2, 0) is 5.41 Å². The zero-order valence-electron chi connectivity index (χ0n) is 34.0. The smallest absolute Gasteiger partial charge is 0.143 e. The van der Waals surface area contributed by atoms with Crippen molar-refractivity contribution in [2.75, 3.05) is 4.90 Å². The van der Waals surface area contributed by atoms with Crippen LogP contribution in [0.2, 0.25) is 0 Å². The monoisotopic (exact) mass is 769 g/mol. The fraction of sp³-hybridized carbons (Fsp3) is 0.0690. The number of benzene rings is 10. The van der Waals surface area contributed by atoms with E-state index in [1.165, 1.54) is 49.0 Å². The number of para-hydroxylation sites is 2. The Morgan fingerprint density at radius 1 is 0.350 bits per heavy atom. The quantitative estimate of drug-likeness (QED) is 0.157. The summed E-state index contributed by atoms with van der Waals surface area (Å²) < 4.78 is 6.64. The third-order valence-electron chi connectivity index (χ3n) is 12.2. The minimum absolute atomic E-state index is 0.0637. The normalized spacial score (nSPS) is 11.9. The van der Waals surface area contributed by atoms with Gasteiger partial charge in [0.1, 0.15) is 11.2 Å². The van der Waals surface area contributed by atoms with E-state index in [4.69, 9.17) is 4.42 Å². The molecular weight excluding hydrogens is 727 g/mol. The number of nitrogens with zero attached hydrogens (tertiary/aromatic N) is 1. The van der Waals surface area contributed by atoms with Crippen LogP contribution in [0.3, 0.4) is 0 Å². The fourth-order valence-corrected chi connectivity index (χ4v) is 9.04. The third-order valence-corrected chi connectivity index (χ3v) is 12.2. The number of rotatable bonds is 6. The lowest BCUT2D eigenvalue weighted by Crippen LogP contribution is -2.11. The van der Waals surface area contributed by atoms with Gasteiger partial charge in [0.05, 0.1) is 0 Å². The lowest BCUT2D eigenvalue weighted by molar-refractivity contribution is 0.591. The zero-order chi connectivity index (χ0) is 40.4. The average Bonchev–Trinajstić information content (AvgIpc) is 3.68. The molecule has 0 bridgehead atoms. The second-order valence-corrected chi connectivity index (χ2v) is 17.0. The molecule has 11 aromatic rings. The Balaban J connectivity index is 1.15. The van der Waals surface area contributed by atoms with E-state index in [2.05, 4.69) is 226 Å². The molecule has 0 amide bonds. The van der Waals surface area contributed by atoms with Gasteiger partial charge in [-0.05, 0) is 120 Å². The molecule has 0 aliphatic carbocycles. The molecule has 0 fully saturated rings. The Bertz CT molecular complexity index is 3400. The second-order valence-electron chi connectivity index (χ2n) is 17.0. The Morgan fingerprint density at radius 2 is 1.00 bits per heavy atom. The van der Waals surface area contributed by atoms with Crippen molar-refractivity contribution in [1.29, 1.82) is 0 Å². The summed E-state index contributed by atoms with van der Waals surface area (Å²) in [6.45, 7) is 6.84. The SMILES string of the molecule is CC(C)(C)c1ccc2c(ccc3ccc(N(c4ccc(-c5cccc6ccccc56)cc4)c4cc(-c5ccccc5)cc(-c5cccc6c5oc5ccccc56)c4)cc32)c1. The molecule has 0 aliphatic heterocycles. The van der Waals surface area contributed by atoms with Crippen molar-refractivity contribution in [1.82, 2.24) is 0 Å². The molecule has 0 atom stereocenters. The van der Waals surface area contributed by atoms with Crippen LogP contribution in [-0.4, -0.2) is 0 Å². The predicted molar refractivity (Wildman–Crippen MR) is 256 cm³/mol. The van der Waals surface area contributed by atoms with Crippen LogP contribution in [0.1, 0.15) is 26.3 Å². The highest BCUT2D eigenvalue weighted by atomic mass is 16.3. The third kappa shape index (κ3) is 6.20. The number of fused-ring (bicyclic) bond motifs is 7. The van der Waals surface area contributed by atoms with Crippen LogP contribution >= 0.6 is 0 Å². The molecule has 11 rings (SSSR count). The first-order valence-electron chi connectivity index (χ1n) is 20.8. The highest BCUT2D eigenvalue weighted by Crippen LogP contribution is 2.44. The molecule has 0 spiro atoms. The maximum absolute atomic E-state index is 6.64. The minimum Gasteiger partial charge on any atom is -0.455 e. The van der Waals surface area contributed by atoms with E-state index in [0.29, 0.717) is 0 Å². The van der Waals surface area contributed by atoms with Gasteiger partial charge in [-0.15, -0.1) is 0 Å². The van der Waals surface area contributed by atoms with Gasteiger partial charge in [-0.1, -0.05) is 178 Å². The van der Waals surface area contributed by atoms with Crippen LogP contribution in [0.5, 0.6) is 0 Å². The zero-order valence-corrected chi connectivity index (χ0v) is 34.0.